The van der Waals surface area contributed by atoms with Crippen LogP contribution < -0.4 is 5.32 Å². The van der Waals surface area contributed by atoms with Crippen LogP contribution >= 0.6 is 11.6 Å². The molecule has 2 aromatic carbocycles. The first kappa shape index (κ1) is 20.6. The highest BCUT2D eigenvalue weighted by atomic mass is 35.5. The maximum atomic E-state index is 13.3. The van der Waals surface area contributed by atoms with Gasteiger partial charge in [0, 0.05) is 16.8 Å². The van der Waals surface area contributed by atoms with Crippen LogP contribution in [0.1, 0.15) is 27.8 Å². The van der Waals surface area contributed by atoms with E-state index in [1.807, 2.05) is 0 Å². The number of anilines is 1. The highest BCUT2D eigenvalue weighted by Crippen LogP contribution is 2.28. The number of benzene rings is 2. The zero-order valence-electron chi connectivity index (χ0n) is 15.3. The molecule has 0 aliphatic carbocycles. The van der Waals surface area contributed by atoms with Gasteiger partial charge in [0.05, 0.1) is 12.3 Å². The Kier molecular flexibility index (Phi) is 6.05. The van der Waals surface area contributed by atoms with Crippen LogP contribution in [0.25, 0.3) is 0 Å². The largest absolute Gasteiger partial charge is 0.461 e. The molecule has 3 rings (SSSR count). The van der Waals surface area contributed by atoms with Crippen molar-refractivity contribution >= 4 is 39.2 Å². The molecule has 7 nitrogen and oxygen atoms in total. The molecule has 1 N–H and O–H groups in total. The maximum Gasteiger partial charge on any atom is 0.355 e. The zero-order valence-corrected chi connectivity index (χ0v) is 16.9. The van der Waals surface area contributed by atoms with E-state index in [0.717, 1.165) is 3.97 Å². The van der Waals surface area contributed by atoms with Gasteiger partial charge < -0.3 is 10.1 Å². The number of halogens is 1. The summed E-state index contributed by atoms with van der Waals surface area (Å²) in [5, 5.41) is 2.75. The van der Waals surface area contributed by atoms with E-state index in [4.69, 9.17) is 16.3 Å². The number of esters is 1. The third-order valence-corrected chi connectivity index (χ3v) is 5.93. The van der Waals surface area contributed by atoms with E-state index in [0.29, 0.717) is 5.56 Å². The van der Waals surface area contributed by atoms with Gasteiger partial charge in [-0.3, -0.25) is 4.79 Å². The third kappa shape index (κ3) is 4.33. The minimum absolute atomic E-state index is 0.0340. The van der Waals surface area contributed by atoms with Crippen LogP contribution in [-0.2, 0) is 14.8 Å². The second-order valence-electron chi connectivity index (χ2n) is 5.88. The minimum Gasteiger partial charge on any atom is -0.461 e. The summed E-state index contributed by atoms with van der Waals surface area (Å²) < 4.78 is 32.2. The van der Waals surface area contributed by atoms with E-state index < -0.39 is 21.9 Å². The van der Waals surface area contributed by atoms with Gasteiger partial charge in [0.25, 0.3) is 15.9 Å². The van der Waals surface area contributed by atoms with Crippen LogP contribution in [0.2, 0.25) is 5.02 Å². The van der Waals surface area contributed by atoms with Crippen LogP contribution in [0, 0.1) is 0 Å². The monoisotopic (exact) mass is 432 g/mol. The number of carbonyl (C=O) groups is 2. The number of hydrogen-bond acceptors (Lipinski definition) is 5. The molecule has 1 heterocycles. The first-order valence-electron chi connectivity index (χ1n) is 8.60. The van der Waals surface area contributed by atoms with Gasteiger partial charge in [0.2, 0.25) is 0 Å². The predicted molar refractivity (Wildman–Crippen MR) is 109 cm³/mol. The number of carbonyl (C=O) groups excluding carboxylic acids is 2. The highest BCUT2D eigenvalue weighted by molar-refractivity contribution is 7.90. The first-order chi connectivity index (χ1) is 13.8. The van der Waals surface area contributed by atoms with Crippen molar-refractivity contribution in [2.45, 2.75) is 11.8 Å². The Morgan fingerprint density at radius 1 is 1.07 bits per heavy atom. The molecule has 0 spiro atoms. The molecule has 3 aromatic rings. The molecule has 0 saturated carbocycles. The van der Waals surface area contributed by atoms with Crippen molar-refractivity contribution in [1.82, 2.24) is 3.97 Å². The summed E-state index contributed by atoms with van der Waals surface area (Å²) in [6.07, 6.45) is 1.23. The van der Waals surface area contributed by atoms with E-state index in [2.05, 4.69) is 5.32 Å². The van der Waals surface area contributed by atoms with Gasteiger partial charge in [-0.1, -0.05) is 29.8 Å². The summed E-state index contributed by atoms with van der Waals surface area (Å²) in [7, 11) is -4.25. The molecule has 9 heteroatoms. The zero-order chi connectivity index (χ0) is 21.0. The number of rotatable bonds is 6. The van der Waals surface area contributed by atoms with Gasteiger partial charge in [-0.15, -0.1) is 0 Å². The van der Waals surface area contributed by atoms with Crippen molar-refractivity contribution in [3.63, 3.8) is 0 Å². The number of ether oxygens (including phenoxy) is 1. The van der Waals surface area contributed by atoms with Crippen molar-refractivity contribution in [2.24, 2.45) is 0 Å². The normalized spacial score (nSPS) is 11.1. The van der Waals surface area contributed by atoms with E-state index >= 15 is 0 Å². The molecule has 0 saturated heterocycles. The molecule has 0 aliphatic rings. The van der Waals surface area contributed by atoms with Crippen LogP contribution in [0.15, 0.2) is 71.8 Å². The molecule has 0 atom stereocenters. The molecule has 1 aromatic heterocycles. The topological polar surface area (TPSA) is 94.5 Å². The lowest BCUT2D eigenvalue weighted by Crippen LogP contribution is -2.21. The van der Waals surface area contributed by atoms with E-state index in [1.54, 1.807) is 37.3 Å². The Morgan fingerprint density at radius 2 is 1.79 bits per heavy atom. The van der Waals surface area contributed by atoms with E-state index in [-0.39, 0.29) is 27.9 Å². The summed E-state index contributed by atoms with van der Waals surface area (Å²) in [6, 6.07) is 15.2. The van der Waals surface area contributed by atoms with Crippen LogP contribution in [0.4, 0.5) is 5.69 Å². The lowest BCUT2D eigenvalue weighted by Gasteiger charge is -2.15. The SMILES string of the molecule is CCOC(=O)c1cccn1S(=O)(=O)c1cc(Cl)ccc1NC(=O)c1ccccc1. The lowest BCUT2D eigenvalue weighted by atomic mass is 10.2. The van der Waals surface area contributed by atoms with Crippen LogP contribution in [0.3, 0.4) is 0 Å². The fraction of sp³-hybridized carbons (Fsp3) is 0.100. The maximum absolute atomic E-state index is 13.3. The fourth-order valence-corrected chi connectivity index (χ4v) is 4.39. The second kappa shape index (κ2) is 8.50. The molecule has 0 aliphatic heterocycles. The van der Waals surface area contributed by atoms with Crippen LogP contribution in [-0.4, -0.2) is 30.9 Å². The van der Waals surface area contributed by atoms with Crippen molar-refractivity contribution < 1.29 is 22.7 Å². The minimum atomic E-state index is -4.25. The first-order valence-corrected chi connectivity index (χ1v) is 10.4. The number of aromatic nitrogens is 1. The van der Waals surface area contributed by atoms with Crippen molar-refractivity contribution in [1.29, 1.82) is 0 Å². The van der Waals surface area contributed by atoms with Gasteiger partial charge in [0.15, 0.2) is 0 Å². The molecular formula is C20H17ClN2O5S. The average molecular weight is 433 g/mol. The summed E-state index contributed by atoms with van der Waals surface area (Å²) in [5.41, 5.74) is 0.234. The highest BCUT2D eigenvalue weighted by Gasteiger charge is 2.27. The predicted octanol–water partition coefficient (Wildman–Crippen LogP) is 3.81. The number of nitrogens with one attached hydrogen (secondary N) is 1. The van der Waals surface area contributed by atoms with Gasteiger partial charge in [-0.25, -0.2) is 17.2 Å². The van der Waals surface area contributed by atoms with E-state index in [9.17, 15) is 18.0 Å². The molecule has 29 heavy (non-hydrogen) atoms. The third-order valence-electron chi connectivity index (χ3n) is 3.96. The molecule has 1 amide bonds. The van der Waals surface area contributed by atoms with Crippen molar-refractivity contribution in [2.75, 3.05) is 11.9 Å². The Hall–Kier alpha value is -3.10. The van der Waals surface area contributed by atoms with Crippen molar-refractivity contribution in [3.05, 3.63) is 83.1 Å². The average Bonchev–Trinajstić information content (AvgIpc) is 3.21. The molecule has 150 valence electrons. The Labute approximate surface area is 172 Å². The van der Waals surface area contributed by atoms with Gasteiger partial charge >= 0.3 is 5.97 Å². The van der Waals surface area contributed by atoms with Gasteiger partial charge in [-0.05, 0) is 49.4 Å². The summed E-state index contributed by atoms with van der Waals surface area (Å²) in [5.74, 6) is -1.26. The molecule has 0 unspecified atom stereocenters. The van der Waals surface area contributed by atoms with Crippen LogP contribution in [0.5, 0.6) is 0 Å². The van der Waals surface area contributed by atoms with Crippen molar-refractivity contribution in [3.8, 4) is 0 Å². The summed E-state index contributed by atoms with van der Waals surface area (Å²) >= 11 is 6.01. The summed E-state index contributed by atoms with van der Waals surface area (Å²) in [4.78, 5) is 24.4. The molecule has 0 bridgehead atoms. The molecular weight excluding hydrogens is 416 g/mol. The quantitative estimate of drug-likeness (QED) is 0.598. The Balaban J connectivity index is 2.05. The molecule has 0 fully saturated rings. The van der Waals surface area contributed by atoms with Gasteiger partial charge in [-0.2, -0.15) is 0 Å². The van der Waals surface area contributed by atoms with E-state index in [1.165, 1.54) is 36.5 Å². The summed E-state index contributed by atoms with van der Waals surface area (Å²) in [6.45, 7) is 1.72. The second-order valence-corrected chi connectivity index (χ2v) is 8.10. The Morgan fingerprint density at radius 3 is 2.48 bits per heavy atom. The fourth-order valence-electron chi connectivity index (χ4n) is 2.64. The molecule has 0 radical (unpaired) electrons. The number of amides is 1. The standard InChI is InChI=1S/C20H17ClN2O5S/c1-2-28-20(25)17-9-6-12-23(17)29(26,27)18-13-15(21)10-11-16(18)22-19(24)14-7-4-3-5-8-14/h3-13H,2H2,1H3,(H,22,24). The lowest BCUT2D eigenvalue weighted by molar-refractivity contribution is 0.0518. The smallest absolute Gasteiger partial charge is 0.355 e. The Bertz CT molecular complexity index is 1160. The number of hydrogen-bond donors (Lipinski definition) is 1. The van der Waals surface area contributed by atoms with Gasteiger partial charge in [0.1, 0.15) is 10.6 Å². The number of nitrogens with zero attached hydrogens (tertiary/aromatic N) is 1.